The SMILES string of the molecule is Cc1cc(Br)cc(CC(C)N)c1OCCSC(F)(F)F. The third-order valence-corrected chi connectivity index (χ3v) is 3.61. The van der Waals surface area contributed by atoms with Crippen molar-refractivity contribution in [3.8, 4) is 5.75 Å². The van der Waals surface area contributed by atoms with Gasteiger partial charge in [0.15, 0.2) is 0 Å². The van der Waals surface area contributed by atoms with Gasteiger partial charge in [-0.3, -0.25) is 0 Å². The molecule has 0 fully saturated rings. The Hall–Kier alpha value is -0.400. The predicted molar refractivity (Wildman–Crippen MR) is 80.2 cm³/mol. The fourth-order valence-corrected chi connectivity index (χ4v) is 2.82. The lowest BCUT2D eigenvalue weighted by atomic mass is 10.0. The zero-order valence-corrected chi connectivity index (χ0v) is 13.7. The van der Waals surface area contributed by atoms with Crippen molar-refractivity contribution in [1.29, 1.82) is 0 Å². The summed E-state index contributed by atoms with van der Waals surface area (Å²) in [5, 5.41) is 0. The van der Waals surface area contributed by atoms with Gasteiger partial charge in [-0.1, -0.05) is 15.9 Å². The van der Waals surface area contributed by atoms with Gasteiger partial charge in [-0.05, 0) is 55.3 Å². The highest BCUT2D eigenvalue weighted by Crippen LogP contribution is 2.31. The summed E-state index contributed by atoms with van der Waals surface area (Å²) >= 11 is 3.32. The number of halogens is 4. The van der Waals surface area contributed by atoms with E-state index in [-0.39, 0.29) is 30.2 Å². The molecule has 114 valence electrons. The van der Waals surface area contributed by atoms with Gasteiger partial charge in [0.25, 0.3) is 0 Å². The second-order valence-corrected chi connectivity index (χ2v) is 6.61. The molecule has 0 aliphatic rings. The zero-order chi connectivity index (χ0) is 15.3. The summed E-state index contributed by atoms with van der Waals surface area (Å²) in [6.45, 7) is 3.75. The van der Waals surface area contributed by atoms with E-state index in [1.54, 1.807) is 0 Å². The topological polar surface area (TPSA) is 35.2 Å². The van der Waals surface area contributed by atoms with Crippen LogP contribution in [-0.4, -0.2) is 23.9 Å². The van der Waals surface area contributed by atoms with Crippen molar-refractivity contribution in [2.75, 3.05) is 12.4 Å². The molecule has 2 N–H and O–H groups in total. The average Bonchev–Trinajstić information content (AvgIpc) is 2.24. The summed E-state index contributed by atoms with van der Waals surface area (Å²) in [7, 11) is 0. The van der Waals surface area contributed by atoms with Crippen LogP contribution in [-0.2, 0) is 6.42 Å². The Kier molecular flexibility index (Phi) is 6.68. The van der Waals surface area contributed by atoms with Gasteiger partial charge in [0.2, 0.25) is 0 Å². The van der Waals surface area contributed by atoms with Gasteiger partial charge in [-0.15, -0.1) is 0 Å². The average molecular weight is 372 g/mol. The van der Waals surface area contributed by atoms with Crippen LogP contribution in [0.5, 0.6) is 5.75 Å². The Morgan fingerprint density at radius 3 is 2.60 bits per heavy atom. The predicted octanol–water partition coefficient (Wildman–Crippen LogP) is 4.28. The zero-order valence-electron chi connectivity index (χ0n) is 11.3. The molecule has 0 bridgehead atoms. The van der Waals surface area contributed by atoms with Gasteiger partial charge in [0.1, 0.15) is 5.75 Å². The van der Waals surface area contributed by atoms with Crippen LogP contribution >= 0.6 is 27.7 Å². The molecule has 0 heterocycles. The first kappa shape index (κ1) is 17.7. The molecule has 1 atom stereocenters. The largest absolute Gasteiger partial charge is 0.492 e. The maximum atomic E-state index is 12.0. The molecule has 1 aromatic carbocycles. The Balaban J connectivity index is 2.72. The van der Waals surface area contributed by atoms with E-state index >= 15 is 0 Å². The Labute approximate surface area is 129 Å². The van der Waals surface area contributed by atoms with Gasteiger partial charge in [0, 0.05) is 16.3 Å². The maximum absolute atomic E-state index is 12.0. The maximum Gasteiger partial charge on any atom is 0.441 e. The van der Waals surface area contributed by atoms with Crippen molar-refractivity contribution in [3.63, 3.8) is 0 Å². The Bertz CT molecular complexity index is 452. The van der Waals surface area contributed by atoms with Crippen LogP contribution < -0.4 is 10.5 Å². The second kappa shape index (κ2) is 7.56. The first-order valence-corrected chi connectivity index (χ1v) is 7.85. The molecule has 0 spiro atoms. The standard InChI is InChI=1S/C13H17BrF3NOS/c1-8-5-11(14)7-10(6-9(2)18)12(8)19-3-4-20-13(15,16)17/h5,7,9H,3-4,6,18H2,1-2H3. The molecule has 0 saturated heterocycles. The van der Waals surface area contributed by atoms with Crippen molar-refractivity contribution < 1.29 is 17.9 Å². The first-order valence-electron chi connectivity index (χ1n) is 6.07. The van der Waals surface area contributed by atoms with Crippen molar-refractivity contribution in [1.82, 2.24) is 0 Å². The highest BCUT2D eigenvalue weighted by molar-refractivity contribution is 9.10. The summed E-state index contributed by atoms with van der Waals surface area (Å²) in [5.74, 6) is 0.504. The van der Waals surface area contributed by atoms with Crippen molar-refractivity contribution >= 4 is 27.7 Å². The molecule has 1 aromatic rings. The van der Waals surface area contributed by atoms with Crippen LogP contribution in [0.4, 0.5) is 13.2 Å². The lowest BCUT2D eigenvalue weighted by Gasteiger charge is -2.16. The first-order chi connectivity index (χ1) is 9.19. The lowest BCUT2D eigenvalue weighted by molar-refractivity contribution is -0.0329. The number of rotatable bonds is 6. The molecular formula is C13H17BrF3NOS. The number of thioether (sulfide) groups is 1. The van der Waals surface area contributed by atoms with E-state index in [0.29, 0.717) is 12.2 Å². The molecular weight excluding hydrogens is 355 g/mol. The summed E-state index contributed by atoms with van der Waals surface area (Å²) in [4.78, 5) is 0. The molecule has 0 radical (unpaired) electrons. The Morgan fingerprint density at radius 1 is 1.40 bits per heavy atom. The van der Waals surface area contributed by atoms with Gasteiger partial charge >= 0.3 is 5.51 Å². The fourth-order valence-electron chi connectivity index (χ4n) is 1.81. The monoisotopic (exact) mass is 371 g/mol. The summed E-state index contributed by atoms with van der Waals surface area (Å²) in [5.41, 5.74) is 3.35. The molecule has 2 nitrogen and oxygen atoms in total. The fraction of sp³-hybridized carbons (Fsp3) is 0.538. The summed E-state index contributed by atoms with van der Waals surface area (Å²) in [6, 6.07) is 3.72. The minimum Gasteiger partial charge on any atom is -0.492 e. The van der Waals surface area contributed by atoms with Crippen LogP contribution in [0, 0.1) is 6.92 Å². The van der Waals surface area contributed by atoms with Crippen molar-refractivity contribution in [3.05, 3.63) is 27.7 Å². The smallest absolute Gasteiger partial charge is 0.441 e. The number of aryl methyl sites for hydroxylation is 1. The van der Waals surface area contributed by atoms with E-state index in [4.69, 9.17) is 10.5 Å². The van der Waals surface area contributed by atoms with Crippen LogP contribution in [0.1, 0.15) is 18.1 Å². The molecule has 1 unspecified atom stereocenters. The number of hydrogen-bond donors (Lipinski definition) is 1. The van der Waals surface area contributed by atoms with Crippen LogP contribution in [0.2, 0.25) is 0 Å². The van der Waals surface area contributed by atoms with Crippen LogP contribution in [0.25, 0.3) is 0 Å². The van der Waals surface area contributed by atoms with Crippen molar-refractivity contribution in [2.24, 2.45) is 5.73 Å². The normalized spacial score (nSPS) is 13.3. The second-order valence-electron chi connectivity index (χ2n) is 4.54. The van der Waals surface area contributed by atoms with E-state index in [9.17, 15) is 13.2 Å². The van der Waals surface area contributed by atoms with E-state index in [1.165, 1.54) is 0 Å². The van der Waals surface area contributed by atoms with Gasteiger partial charge in [-0.25, -0.2) is 0 Å². The molecule has 20 heavy (non-hydrogen) atoms. The molecule has 0 aliphatic carbocycles. The number of alkyl halides is 3. The number of nitrogens with two attached hydrogens (primary N) is 1. The number of ether oxygens (including phenoxy) is 1. The van der Waals surface area contributed by atoms with E-state index in [1.807, 2.05) is 26.0 Å². The van der Waals surface area contributed by atoms with Crippen LogP contribution in [0.3, 0.4) is 0 Å². The lowest BCUT2D eigenvalue weighted by Crippen LogP contribution is -2.19. The number of hydrogen-bond acceptors (Lipinski definition) is 3. The third kappa shape index (κ3) is 6.37. The summed E-state index contributed by atoms with van der Waals surface area (Å²) in [6.07, 6.45) is 0.613. The Morgan fingerprint density at radius 2 is 2.05 bits per heavy atom. The molecule has 0 amide bonds. The van der Waals surface area contributed by atoms with Gasteiger partial charge in [0.05, 0.1) is 6.61 Å². The van der Waals surface area contributed by atoms with E-state index in [2.05, 4.69) is 15.9 Å². The minimum atomic E-state index is -4.22. The quantitative estimate of drug-likeness (QED) is 0.758. The minimum absolute atomic E-state index is 0.0125. The van der Waals surface area contributed by atoms with Crippen LogP contribution in [0.15, 0.2) is 16.6 Å². The number of benzene rings is 1. The summed E-state index contributed by atoms with van der Waals surface area (Å²) < 4.78 is 42.6. The van der Waals surface area contributed by atoms with Crippen molar-refractivity contribution in [2.45, 2.75) is 31.8 Å². The third-order valence-electron chi connectivity index (χ3n) is 2.45. The van der Waals surface area contributed by atoms with Gasteiger partial charge < -0.3 is 10.5 Å². The van der Waals surface area contributed by atoms with E-state index < -0.39 is 5.51 Å². The molecule has 0 saturated carbocycles. The highest BCUT2D eigenvalue weighted by atomic mass is 79.9. The molecule has 0 aliphatic heterocycles. The van der Waals surface area contributed by atoms with E-state index in [0.717, 1.165) is 15.6 Å². The molecule has 0 aromatic heterocycles. The highest BCUT2D eigenvalue weighted by Gasteiger charge is 2.27. The van der Waals surface area contributed by atoms with Gasteiger partial charge in [-0.2, -0.15) is 13.2 Å². The molecule has 1 rings (SSSR count). The molecule has 7 heteroatoms.